The van der Waals surface area contributed by atoms with E-state index in [-0.39, 0.29) is 18.6 Å². The van der Waals surface area contributed by atoms with Crippen LogP contribution in [0.3, 0.4) is 0 Å². The number of aliphatic hydroxyl groups excluding tert-OH is 1. The Morgan fingerprint density at radius 1 is 1.47 bits per heavy atom. The number of anilines is 1. The van der Waals surface area contributed by atoms with Crippen LogP contribution < -0.4 is 10.2 Å². The van der Waals surface area contributed by atoms with E-state index in [1.54, 1.807) is 11.9 Å². The smallest absolute Gasteiger partial charge is 0.248 e. The van der Waals surface area contributed by atoms with E-state index in [1.165, 1.54) is 0 Å². The van der Waals surface area contributed by atoms with E-state index in [0.717, 1.165) is 16.8 Å². The topological polar surface area (TPSA) is 52.6 Å². The van der Waals surface area contributed by atoms with Crippen molar-refractivity contribution < 1.29 is 9.90 Å². The maximum Gasteiger partial charge on any atom is 0.248 e. The lowest BCUT2D eigenvalue weighted by atomic mass is 10.1. The highest BCUT2D eigenvalue weighted by Gasteiger charge is 2.35. The average Bonchev–Trinajstić information content (AvgIpc) is 2.57. The number of likely N-dealkylation sites (N-methyl/N-ethyl adjacent to an activating group) is 1. The summed E-state index contributed by atoms with van der Waals surface area (Å²) in [6.07, 6.45) is 0.607. The fourth-order valence-corrected chi connectivity index (χ4v) is 2.30. The highest BCUT2D eigenvalue weighted by atomic mass is 16.3. The number of rotatable bonds is 4. The van der Waals surface area contributed by atoms with Gasteiger partial charge in [-0.3, -0.25) is 4.79 Å². The molecule has 17 heavy (non-hydrogen) atoms. The summed E-state index contributed by atoms with van der Waals surface area (Å²) < 4.78 is 0. The van der Waals surface area contributed by atoms with Crippen molar-refractivity contribution >= 4 is 11.6 Å². The zero-order valence-corrected chi connectivity index (χ0v) is 10.2. The van der Waals surface area contributed by atoms with Gasteiger partial charge >= 0.3 is 0 Å². The summed E-state index contributed by atoms with van der Waals surface area (Å²) >= 11 is 0. The molecule has 4 heteroatoms. The molecule has 1 aromatic rings. The Kier molecular flexibility index (Phi) is 3.45. The summed E-state index contributed by atoms with van der Waals surface area (Å²) in [4.78, 5) is 13.9. The molecule has 1 unspecified atom stereocenters. The van der Waals surface area contributed by atoms with Crippen LogP contribution >= 0.6 is 0 Å². The Morgan fingerprint density at radius 2 is 2.24 bits per heavy atom. The molecule has 0 radical (unpaired) electrons. The van der Waals surface area contributed by atoms with Crippen LogP contribution in [0, 0.1) is 6.92 Å². The van der Waals surface area contributed by atoms with Crippen LogP contribution in [0.2, 0.25) is 0 Å². The predicted octanol–water partition coefficient (Wildman–Crippen LogP) is 0.985. The zero-order chi connectivity index (χ0) is 12.4. The largest absolute Gasteiger partial charge is 0.396 e. The second-order valence-corrected chi connectivity index (χ2v) is 4.35. The molecule has 1 aliphatic heterocycles. The first-order chi connectivity index (χ1) is 8.19. The average molecular weight is 234 g/mol. The van der Waals surface area contributed by atoms with Gasteiger partial charge in [-0.1, -0.05) is 17.7 Å². The Balaban J connectivity index is 2.36. The third-order valence-corrected chi connectivity index (χ3v) is 3.13. The van der Waals surface area contributed by atoms with Gasteiger partial charge < -0.3 is 15.3 Å². The lowest BCUT2D eigenvalue weighted by Gasteiger charge is -2.17. The summed E-state index contributed by atoms with van der Waals surface area (Å²) in [7, 11) is 1.80. The monoisotopic (exact) mass is 234 g/mol. The maximum atomic E-state index is 12.2. The van der Waals surface area contributed by atoms with E-state index in [2.05, 4.69) is 5.32 Å². The molecule has 0 spiro atoms. The van der Waals surface area contributed by atoms with Crippen LogP contribution in [0.15, 0.2) is 18.2 Å². The highest BCUT2D eigenvalue weighted by Crippen LogP contribution is 2.36. The quantitative estimate of drug-likeness (QED) is 0.816. The van der Waals surface area contributed by atoms with Crippen LogP contribution in [0.4, 0.5) is 5.69 Å². The molecule has 0 aliphatic carbocycles. The fraction of sp³-hybridized carbons (Fsp3) is 0.462. The van der Waals surface area contributed by atoms with Gasteiger partial charge in [-0.15, -0.1) is 0 Å². The van der Waals surface area contributed by atoms with Gasteiger partial charge in [-0.05, 0) is 26.5 Å². The minimum absolute atomic E-state index is 0.0709. The lowest BCUT2D eigenvalue weighted by molar-refractivity contribution is -0.119. The maximum absolute atomic E-state index is 12.2. The van der Waals surface area contributed by atoms with Crippen molar-refractivity contribution in [3.8, 4) is 0 Å². The van der Waals surface area contributed by atoms with Gasteiger partial charge in [0.25, 0.3) is 0 Å². The number of amides is 1. The van der Waals surface area contributed by atoms with Gasteiger partial charge in [-0.25, -0.2) is 0 Å². The number of aliphatic hydroxyl groups is 1. The highest BCUT2D eigenvalue weighted by molar-refractivity contribution is 6.04. The van der Waals surface area contributed by atoms with Crippen molar-refractivity contribution in [3.05, 3.63) is 29.3 Å². The summed E-state index contributed by atoms with van der Waals surface area (Å²) in [6, 6.07) is 5.80. The summed E-state index contributed by atoms with van der Waals surface area (Å²) in [5, 5.41) is 11.9. The molecule has 0 bridgehead atoms. The van der Waals surface area contributed by atoms with E-state index in [1.807, 2.05) is 25.1 Å². The molecule has 1 atom stereocenters. The van der Waals surface area contributed by atoms with Crippen LogP contribution in [0.5, 0.6) is 0 Å². The van der Waals surface area contributed by atoms with E-state index >= 15 is 0 Å². The Bertz CT molecular complexity index is 431. The molecular formula is C13H18N2O2. The van der Waals surface area contributed by atoms with E-state index in [4.69, 9.17) is 5.11 Å². The molecule has 4 nitrogen and oxygen atoms in total. The number of nitrogens with one attached hydrogen (secondary N) is 1. The molecule has 1 amide bonds. The minimum atomic E-state index is -0.247. The number of aryl methyl sites for hydroxylation is 1. The van der Waals surface area contributed by atoms with Gasteiger partial charge in [0.1, 0.15) is 6.04 Å². The number of hydrogen-bond acceptors (Lipinski definition) is 3. The lowest BCUT2D eigenvalue weighted by Crippen LogP contribution is -2.34. The normalized spacial score (nSPS) is 18.6. The SMILES string of the molecule is CNC1C(=O)N(CCCO)c2ccc(C)cc21. The van der Waals surface area contributed by atoms with Gasteiger partial charge in [0.05, 0.1) is 0 Å². The van der Waals surface area contributed by atoms with Crippen molar-refractivity contribution in [2.45, 2.75) is 19.4 Å². The molecule has 2 rings (SSSR count). The molecule has 0 fully saturated rings. The first-order valence-electron chi connectivity index (χ1n) is 5.89. The number of nitrogens with zero attached hydrogens (tertiary/aromatic N) is 1. The number of carbonyl (C=O) groups is 1. The molecule has 0 saturated carbocycles. The summed E-state index contributed by atoms with van der Waals surface area (Å²) in [5.41, 5.74) is 3.16. The standard InChI is InChI=1S/C13H18N2O2/c1-9-4-5-11-10(8-9)12(14-2)13(17)15(11)6-3-7-16/h4-5,8,12,14,16H,3,6-7H2,1-2H3. The van der Waals surface area contributed by atoms with Crippen molar-refractivity contribution in [1.29, 1.82) is 0 Å². The van der Waals surface area contributed by atoms with Gasteiger partial charge in [0.15, 0.2) is 0 Å². The molecule has 0 aromatic heterocycles. The molecule has 2 N–H and O–H groups in total. The number of carbonyl (C=O) groups excluding carboxylic acids is 1. The van der Waals surface area contributed by atoms with Crippen molar-refractivity contribution in [3.63, 3.8) is 0 Å². The van der Waals surface area contributed by atoms with Crippen LogP contribution in [0.25, 0.3) is 0 Å². The molecule has 1 heterocycles. The van der Waals surface area contributed by atoms with E-state index < -0.39 is 0 Å². The molecule has 1 aliphatic rings. The third-order valence-electron chi connectivity index (χ3n) is 3.13. The number of fused-ring (bicyclic) bond motifs is 1. The van der Waals surface area contributed by atoms with Crippen molar-refractivity contribution in [2.75, 3.05) is 25.1 Å². The first kappa shape index (κ1) is 12.1. The van der Waals surface area contributed by atoms with Gasteiger partial charge in [0.2, 0.25) is 5.91 Å². The predicted molar refractivity (Wildman–Crippen MR) is 67.0 cm³/mol. The zero-order valence-electron chi connectivity index (χ0n) is 10.2. The first-order valence-corrected chi connectivity index (χ1v) is 5.89. The Hall–Kier alpha value is -1.39. The molecule has 92 valence electrons. The number of hydrogen-bond donors (Lipinski definition) is 2. The van der Waals surface area contributed by atoms with Gasteiger partial charge in [0, 0.05) is 24.4 Å². The molecule has 1 aromatic carbocycles. The van der Waals surface area contributed by atoms with E-state index in [9.17, 15) is 4.79 Å². The van der Waals surface area contributed by atoms with Crippen LogP contribution in [0.1, 0.15) is 23.6 Å². The molecule has 0 saturated heterocycles. The second kappa shape index (κ2) is 4.85. The van der Waals surface area contributed by atoms with Crippen LogP contribution in [-0.2, 0) is 4.79 Å². The van der Waals surface area contributed by atoms with Crippen molar-refractivity contribution in [1.82, 2.24) is 5.32 Å². The van der Waals surface area contributed by atoms with Crippen molar-refractivity contribution in [2.24, 2.45) is 0 Å². The van der Waals surface area contributed by atoms with Crippen LogP contribution in [-0.4, -0.2) is 31.2 Å². The van der Waals surface area contributed by atoms with E-state index in [0.29, 0.717) is 13.0 Å². The Morgan fingerprint density at radius 3 is 2.88 bits per heavy atom. The fourth-order valence-electron chi connectivity index (χ4n) is 2.30. The summed E-state index contributed by atoms with van der Waals surface area (Å²) in [6.45, 7) is 2.70. The third kappa shape index (κ3) is 2.06. The summed E-state index contributed by atoms with van der Waals surface area (Å²) in [5.74, 6) is 0.0709. The molecular weight excluding hydrogens is 216 g/mol. The minimum Gasteiger partial charge on any atom is -0.396 e. The van der Waals surface area contributed by atoms with Gasteiger partial charge in [-0.2, -0.15) is 0 Å². The number of benzene rings is 1. The second-order valence-electron chi connectivity index (χ2n) is 4.35. The Labute approximate surface area is 101 Å².